The van der Waals surface area contributed by atoms with Crippen molar-refractivity contribution < 1.29 is 9.13 Å². The number of benzene rings is 2. The molecule has 106 valence electrons. The van der Waals surface area contributed by atoms with Crippen molar-refractivity contribution in [2.75, 3.05) is 0 Å². The number of ether oxygens (including phenoxy) is 1. The first kappa shape index (κ1) is 14.5. The first-order valence-corrected chi connectivity index (χ1v) is 6.87. The van der Waals surface area contributed by atoms with Gasteiger partial charge in [-0.15, -0.1) is 0 Å². The summed E-state index contributed by atoms with van der Waals surface area (Å²) < 4.78 is 19.4. The first-order chi connectivity index (χ1) is 9.60. The summed E-state index contributed by atoms with van der Waals surface area (Å²) in [4.78, 5) is 0. The largest absolute Gasteiger partial charge is 0.454 e. The van der Waals surface area contributed by atoms with E-state index in [1.807, 2.05) is 25.1 Å². The summed E-state index contributed by atoms with van der Waals surface area (Å²) >= 11 is 0. The standard InChI is InChI=1S/C17H20FNO/c1-3-14(19)11-13-10-12(2)8-9-16(13)20-17-7-5-4-6-15(17)18/h4-10,14H,3,11,19H2,1-2H3. The summed E-state index contributed by atoms with van der Waals surface area (Å²) in [5.41, 5.74) is 8.18. The summed E-state index contributed by atoms with van der Waals surface area (Å²) in [6.45, 7) is 4.08. The van der Waals surface area contributed by atoms with Crippen LogP contribution in [0.25, 0.3) is 0 Å². The molecule has 0 heterocycles. The third-order valence-corrected chi connectivity index (χ3v) is 3.28. The highest BCUT2D eigenvalue weighted by molar-refractivity contribution is 5.41. The zero-order valence-corrected chi connectivity index (χ0v) is 11.9. The summed E-state index contributed by atoms with van der Waals surface area (Å²) in [5, 5.41) is 0. The number of para-hydroxylation sites is 1. The lowest BCUT2D eigenvalue weighted by atomic mass is 10.0. The van der Waals surface area contributed by atoms with Gasteiger partial charge in [0.25, 0.3) is 0 Å². The predicted octanol–water partition coefficient (Wildman–Crippen LogP) is 4.21. The van der Waals surface area contributed by atoms with Gasteiger partial charge in [-0.3, -0.25) is 0 Å². The van der Waals surface area contributed by atoms with E-state index < -0.39 is 0 Å². The summed E-state index contributed by atoms with van der Waals surface area (Å²) in [6.07, 6.45) is 1.62. The highest BCUT2D eigenvalue weighted by Gasteiger charge is 2.11. The molecule has 2 rings (SSSR count). The van der Waals surface area contributed by atoms with Crippen LogP contribution >= 0.6 is 0 Å². The molecule has 0 aliphatic rings. The van der Waals surface area contributed by atoms with Gasteiger partial charge in [-0.1, -0.05) is 36.8 Å². The molecular formula is C17H20FNO. The molecule has 0 aliphatic carbocycles. The number of hydrogen-bond donors (Lipinski definition) is 1. The van der Waals surface area contributed by atoms with Gasteiger partial charge in [-0.25, -0.2) is 4.39 Å². The third kappa shape index (κ3) is 3.58. The van der Waals surface area contributed by atoms with Crippen LogP contribution in [0, 0.1) is 12.7 Å². The Morgan fingerprint density at radius 3 is 2.60 bits per heavy atom. The maximum absolute atomic E-state index is 13.7. The van der Waals surface area contributed by atoms with Crippen LogP contribution < -0.4 is 10.5 Å². The molecule has 3 heteroatoms. The molecule has 0 amide bonds. The number of rotatable bonds is 5. The van der Waals surface area contributed by atoms with E-state index in [1.165, 1.54) is 6.07 Å². The highest BCUT2D eigenvalue weighted by atomic mass is 19.1. The fourth-order valence-electron chi connectivity index (χ4n) is 2.04. The second-order valence-corrected chi connectivity index (χ2v) is 5.02. The molecule has 1 atom stereocenters. The van der Waals surface area contributed by atoms with Crippen molar-refractivity contribution in [1.29, 1.82) is 0 Å². The Labute approximate surface area is 119 Å². The Balaban J connectivity index is 2.29. The monoisotopic (exact) mass is 273 g/mol. The second kappa shape index (κ2) is 6.53. The topological polar surface area (TPSA) is 35.2 Å². The van der Waals surface area contributed by atoms with E-state index in [9.17, 15) is 4.39 Å². The van der Waals surface area contributed by atoms with Crippen LogP contribution in [0.1, 0.15) is 24.5 Å². The molecule has 0 aromatic heterocycles. The number of halogens is 1. The normalized spacial score (nSPS) is 12.2. The zero-order valence-electron chi connectivity index (χ0n) is 11.9. The molecule has 2 aromatic rings. The Morgan fingerprint density at radius 1 is 1.15 bits per heavy atom. The molecule has 2 nitrogen and oxygen atoms in total. The average molecular weight is 273 g/mol. The summed E-state index contributed by atoms with van der Waals surface area (Å²) in [7, 11) is 0. The quantitative estimate of drug-likeness (QED) is 0.885. The Kier molecular flexibility index (Phi) is 4.74. The van der Waals surface area contributed by atoms with E-state index in [0.717, 1.165) is 24.0 Å². The molecule has 0 bridgehead atoms. The zero-order chi connectivity index (χ0) is 14.5. The minimum atomic E-state index is -0.362. The molecule has 0 spiro atoms. The van der Waals surface area contributed by atoms with Crippen LogP contribution in [-0.2, 0) is 6.42 Å². The van der Waals surface area contributed by atoms with Gasteiger partial charge in [0.1, 0.15) is 5.75 Å². The van der Waals surface area contributed by atoms with Crippen molar-refractivity contribution in [3.05, 3.63) is 59.4 Å². The molecule has 0 saturated carbocycles. The lowest BCUT2D eigenvalue weighted by Gasteiger charge is -2.15. The van der Waals surface area contributed by atoms with Crippen molar-refractivity contribution in [3.8, 4) is 11.5 Å². The molecule has 2 N–H and O–H groups in total. The van der Waals surface area contributed by atoms with Crippen LogP contribution in [0.5, 0.6) is 11.5 Å². The van der Waals surface area contributed by atoms with Crippen molar-refractivity contribution in [1.82, 2.24) is 0 Å². The van der Waals surface area contributed by atoms with Crippen LogP contribution in [0.2, 0.25) is 0 Å². The third-order valence-electron chi connectivity index (χ3n) is 3.28. The van der Waals surface area contributed by atoms with E-state index in [2.05, 4.69) is 6.92 Å². The number of nitrogens with two attached hydrogens (primary N) is 1. The van der Waals surface area contributed by atoms with Gasteiger partial charge in [0, 0.05) is 6.04 Å². The van der Waals surface area contributed by atoms with Crippen molar-refractivity contribution >= 4 is 0 Å². The Hall–Kier alpha value is -1.87. The fourth-order valence-corrected chi connectivity index (χ4v) is 2.04. The fraction of sp³-hybridized carbons (Fsp3) is 0.294. The van der Waals surface area contributed by atoms with Gasteiger partial charge < -0.3 is 10.5 Å². The SMILES string of the molecule is CCC(N)Cc1cc(C)ccc1Oc1ccccc1F. The molecule has 0 fully saturated rings. The number of aryl methyl sites for hydroxylation is 1. The Bertz CT molecular complexity index is 583. The van der Waals surface area contributed by atoms with Crippen LogP contribution in [0.15, 0.2) is 42.5 Å². The lowest BCUT2D eigenvalue weighted by Crippen LogP contribution is -2.21. The van der Waals surface area contributed by atoms with E-state index in [1.54, 1.807) is 18.2 Å². The maximum atomic E-state index is 13.7. The minimum absolute atomic E-state index is 0.0831. The van der Waals surface area contributed by atoms with E-state index in [-0.39, 0.29) is 17.6 Å². The molecule has 0 radical (unpaired) electrons. The molecular weight excluding hydrogens is 253 g/mol. The van der Waals surface area contributed by atoms with Crippen molar-refractivity contribution in [2.24, 2.45) is 5.73 Å². The predicted molar refractivity (Wildman–Crippen MR) is 79.6 cm³/mol. The van der Waals surface area contributed by atoms with Gasteiger partial charge >= 0.3 is 0 Å². The van der Waals surface area contributed by atoms with Crippen molar-refractivity contribution in [3.63, 3.8) is 0 Å². The van der Waals surface area contributed by atoms with Crippen LogP contribution in [0.3, 0.4) is 0 Å². The lowest BCUT2D eigenvalue weighted by molar-refractivity contribution is 0.435. The van der Waals surface area contributed by atoms with E-state index in [0.29, 0.717) is 5.75 Å². The van der Waals surface area contributed by atoms with E-state index >= 15 is 0 Å². The number of hydrogen-bond acceptors (Lipinski definition) is 2. The maximum Gasteiger partial charge on any atom is 0.165 e. The minimum Gasteiger partial charge on any atom is -0.454 e. The van der Waals surface area contributed by atoms with Gasteiger partial charge in [0.05, 0.1) is 0 Å². The van der Waals surface area contributed by atoms with Gasteiger partial charge in [0.15, 0.2) is 11.6 Å². The van der Waals surface area contributed by atoms with Crippen LogP contribution in [-0.4, -0.2) is 6.04 Å². The molecule has 20 heavy (non-hydrogen) atoms. The average Bonchev–Trinajstić information content (AvgIpc) is 2.44. The molecule has 0 saturated heterocycles. The van der Waals surface area contributed by atoms with Crippen LogP contribution in [0.4, 0.5) is 4.39 Å². The van der Waals surface area contributed by atoms with Crippen molar-refractivity contribution in [2.45, 2.75) is 32.7 Å². The Morgan fingerprint density at radius 2 is 1.90 bits per heavy atom. The molecule has 1 unspecified atom stereocenters. The van der Waals surface area contributed by atoms with Gasteiger partial charge in [-0.2, -0.15) is 0 Å². The highest BCUT2D eigenvalue weighted by Crippen LogP contribution is 2.29. The summed E-state index contributed by atoms with van der Waals surface area (Å²) in [6, 6.07) is 12.4. The smallest absolute Gasteiger partial charge is 0.165 e. The van der Waals surface area contributed by atoms with Gasteiger partial charge in [0.2, 0.25) is 0 Å². The first-order valence-electron chi connectivity index (χ1n) is 6.87. The van der Waals surface area contributed by atoms with Gasteiger partial charge in [-0.05, 0) is 43.5 Å². The van der Waals surface area contributed by atoms with E-state index in [4.69, 9.17) is 10.5 Å². The molecule has 0 aliphatic heterocycles. The summed E-state index contributed by atoms with van der Waals surface area (Å²) in [5.74, 6) is 0.547. The second-order valence-electron chi connectivity index (χ2n) is 5.02. The molecule has 2 aromatic carbocycles.